The Morgan fingerprint density at radius 2 is 1.80 bits per heavy atom. The van der Waals surface area contributed by atoms with Gasteiger partial charge in [0.05, 0.1) is 4.90 Å². The van der Waals surface area contributed by atoms with Crippen LogP contribution in [0.1, 0.15) is 50.4 Å². The minimum absolute atomic E-state index is 0.0340. The third-order valence-electron chi connectivity index (χ3n) is 6.78. The molecule has 2 bridgehead atoms. The lowest BCUT2D eigenvalue weighted by molar-refractivity contribution is 0.0826. The zero-order chi connectivity index (χ0) is 18.6. The van der Waals surface area contributed by atoms with Crippen LogP contribution in [0.3, 0.4) is 0 Å². The van der Waals surface area contributed by atoms with Gasteiger partial charge in [-0.05, 0) is 60.3 Å². The molecule has 1 N–H and O–H groups in total. The van der Waals surface area contributed by atoms with Gasteiger partial charge in [-0.2, -0.15) is 8.78 Å². The van der Waals surface area contributed by atoms with Gasteiger partial charge >= 0.3 is 5.76 Å². The molecule has 0 spiro atoms. The number of amides is 1. The van der Waals surface area contributed by atoms with Crippen molar-refractivity contribution >= 4 is 15.7 Å². The molecule has 4 nitrogen and oxygen atoms in total. The minimum atomic E-state index is -4.64. The predicted molar refractivity (Wildman–Crippen MR) is 90.1 cm³/mol. The van der Waals surface area contributed by atoms with Crippen molar-refractivity contribution in [1.82, 2.24) is 5.32 Å². The van der Waals surface area contributed by atoms with E-state index in [1.807, 2.05) is 0 Å². The molecule has 25 heavy (non-hydrogen) atoms. The number of halogens is 2. The molecule has 1 aromatic rings. The van der Waals surface area contributed by atoms with E-state index in [0.29, 0.717) is 5.92 Å². The van der Waals surface area contributed by atoms with Gasteiger partial charge in [0.25, 0.3) is 5.91 Å². The Balaban J connectivity index is 1.75. The van der Waals surface area contributed by atoms with Gasteiger partial charge in [0.15, 0.2) is 0 Å². The van der Waals surface area contributed by atoms with Crippen molar-refractivity contribution in [3.05, 3.63) is 29.8 Å². The lowest BCUT2D eigenvalue weighted by Crippen LogP contribution is -2.46. The smallest absolute Gasteiger partial charge is 0.341 e. The number of hydrogen-bond donors (Lipinski definition) is 1. The van der Waals surface area contributed by atoms with Crippen molar-refractivity contribution in [2.24, 2.45) is 16.7 Å². The SMILES string of the molecule is CC1(C)[C@H]2CC[C@]1(C)[C@H](NC(=O)c1ccc(S(=O)(=O)C(F)F)cc1)C2. The van der Waals surface area contributed by atoms with Gasteiger partial charge in [0.1, 0.15) is 0 Å². The summed E-state index contributed by atoms with van der Waals surface area (Å²) in [6.45, 7) is 6.71. The molecule has 138 valence electrons. The van der Waals surface area contributed by atoms with Crippen LogP contribution in [0.4, 0.5) is 8.78 Å². The predicted octanol–water partition coefficient (Wildman–Crippen LogP) is 3.63. The highest BCUT2D eigenvalue weighted by molar-refractivity contribution is 7.91. The molecule has 0 heterocycles. The van der Waals surface area contributed by atoms with E-state index in [-0.39, 0.29) is 28.3 Å². The first kappa shape index (κ1) is 18.3. The fraction of sp³-hybridized carbons (Fsp3) is 0.611. The summed E-state index contributed by atoms with van der Waals surface area (Å²) in [6.07, 6.45) is 3.18. The number of carbonyl (C=O) groups excluding carboxylic acids is 1. The van der Waals surface area contributed by atoms with Crippen LogP contribution in [-0.4, -0.2) is 26.1 Å². The zero-order valence-electron chi connectivity index (χ0n) is 14.6. The van der Waals surface area contributed by atoms with Crippen molar-refractivity contribution in [3.8, 4) is 0 Å². The fourth-order valence-electron chi connectivity index (χ4n) is 4.56. The third kappa shape index (κ3) is 2.67. The lowest BCUT2D eigenvalue weighted by atomic mass is 9.69. The van der Waals surface area contributed by atoms with E-state index in [1.54, 1.807) is 0 Å². The Hall–Kier alpha value is -1.50. The summed E-state index contributed by atoms with van der Waals surface area (Å²) in [5, 5.41) is 3.07. The van der Waals surface area contributed by atoms with Gasteiger partial charge in [-0.1, -0.05) is 20.8 Å². The first-order valence-corrected chi connectivity index (χ1v) is 9.98. The summed E-state index contributed by atoms with van der Waals surface area (Å²) in [4.78, 5) is 12.0. The van der Waals surface area contributed by atoms with E-state index in [1.165, 1.54) is 18.6 Å². The molecular weight excluding hydrogens is 348 g/mol. The summed E-state index contributed by atoms with van der Waals surface area (Å²) in [7, 11) is -4.64. The quantitative estimate of drug-likeness (QED) is 0.879. The van der Waals surface area contributed by atoms with Crippen LogP contribution >= 0.6 is 0 Å². The summed E-state index contributed by atoms with van der Waals surface area (Å²) in [6, 6.07) is 4.75. The molecule has 0 aromatic heterocycles. The monoisotopic (exact) mass is 371 g/mol. The second-order valence-corrected chi connectivity index (χ2v) is 9.88. The number of carbonyl (C=O) groups is 1. The molecule has 0 aliphatic heterocycles. The molecule has 0 unspecified atom stereocenters. The lowest BCUT2D eigenvalue weighted by Gasteiger charge is -2.39. The number of alkyl halides is 2. The Bertz CT molecular complexity index is 789. The molecule has 3 rings (SSSR count). The van der Waals surface area contributed by atoms with Crippen LogP contribution in [-0.2, 0) is 9.84 Å². The summed E-state index contributed by atoms with van der Waals surface area (Å²) >= 11 is 0. The number of nitrogens with one attached hydrogen (secondary N) is 1. The van der Waals surface area contributed by atoms with Gasteiger partial charge in [0.2, 0.25) is 9.84 Å². The van der Waals surface area contributed by atoms with Gasteiger partial charge in [-0.3, -0.25) is 4.79 Å². The van der Waals surface area contributed by atoms with Crippen LogP contribution < -0.4 is 5.32 Å². The molecule has 2 saturated carbocycles. The van der Waals surface area contributed by atoms with Crippen molar-refractivity contribution < 1.29 is 22.0 Å². The number of benzene rings is 1. The van der Waals surface area contributed by atoms with E-state index in [9.17, 15) is 22.0 Å². The van der Waals surface area contributed by atoms with Gasteiger partial charge in [0, 0.05) is 11.6 Å². The second-order valence-electron chi connectivity index (χ2n) is 7.97. The molecule has 3 atom stereocenters. The molecular formula is C18H23F2NO3S. The maximum atomic E-state index is 12.6. The standard InChI is InChI=1S/C18H23F2NO3S/c1-17(2)12-8-9-18(17,3)14(10-12)21-15(22)11-4-6-13(7-5-11)25(23,24)16(19)20/h4-7,12,14,16H,8-10H2,1-3H3,(H,21,22)/t12-,14+,18+/m0/s1. The largest absolute Gasteiger partial charge is 0.349 e. The fourth-order valence-corrected chi connectivity index (χ4v) is 5.28. The average Bonchev–Trinajstić information content (AvgIpc) is 2.88. The van der Waals surface area contributed by atoms with Crippen LogP contribution in [0, 0.1) is 16.7 Å². The average molecular weight is 371 g/mol. The van der Waals surface area contributed by atoms with E-state index >= 15 is 0 Å². The van der Waals surface area contributed by atoms with Crippen molar-refractivity contribution in [1.29, 1.82) is 0 Å². The van der Waals surface area contributed by atoms with E-state index in [4.69, 9.17) is 0 Å². The van der Waals surface area contributed by atoms with Crippen LogP contribution in [0.5, 0.6) is 0 Å². The topological polar surface area (TPSA) is 63.2 Å². The maximum Gasteiger partial charge on any atom is 0.341 e. The first-order valence-electron chi connectivity index (χ1n) is 8.43. The van der Waals surface area contributed by atoms with Crippen molar-refractivity contribution in [2.45, 2.75) is 56.7 Å². The van der Waals surface area contributed by atoms with Gasteiger partial charge in [-0.15, -0.1) is 0 Å². The Kier molecular flexibility index (Phi) is 4.21. The normalized spacial score (nSPS) is 30.6. The Morgan fingerprint density at radius 3 is 2.24 bits per heavy atom. The molecule has 0 radical (unpaired) electrons. The maximum absolute atomic E-state index is 12.6. The van der Waals surface area contributed by atoms with Gasteiger partial charge in [-0.25, -0.2) is 8.42 Å². The second kappa shape index (κ2) is 5.76. The minimum Gasteiger partial charge on any atom is -0.349 e. The van der Waals surface area contributed by atoms with Crippen LogP contribution in [0.2, 0.25) is 0 Å². The highest BCUT2D eigenvalue weighted by Gasteiger charge is 2.61. The number of rotatable bonds is 4. The van der Waals surface area contributed by atoms with Crippen LogP contribution in [0.15, 0.2) is 29.2 Å². The number of sulfone groups is 1. The molecule has 2 fully saturated rings. The summed E-state index contributed by atoms with van der Waals surface area (Å²) in [5.41, 5.74) is 0.476. The molecule has 7 heteroatoms. The molecule has 2 aliphatic rings. The zero-order valence-corrected chi connectivity index (χ0v) is 15.4. The van der Waals surface area contributed by atoms with E-state index in [2.05, 4.69) is 26.1 Å². The summed E-state index contributed by atoms with van der Waals surface area (Å²) in [5.74, 6) is -3.18. The van der Waals surface area contributed by atoms with Gasteiger partial charge < -0.3 is 5.32 Å². The van der Waals surface area contributed by atoms with E-state index < -0.39 is 20.5 Å². The highest BCUT2D eigenvalue weighted by atomic mass is 32.2. The van der Waals surface area contributed by atoms with Crippen molar-refractivity contribution in [2.75, 3.05) is 0 Å². The van der Waals surface area contributed by atoms with Crippen molar-refractivity contribution in [3.63, 3.8) is 0 Å². The number of hydrogen-bond acceptors (Lipinski definition) is 3. The molecule has 1 aromatic carbocycles. The Labute approximate surface area is 146 Å². The molecule has 2 aliphatic carbocycles. The van der Waals surface area contributed by atoms with Crippen LogP contribution in [0.25, 0.3) is 0 Å². The Morgan fingerprint density at radius 1 is 1.20 bits per heavy atom. The molecule has 1 amide bonds. The molecule has 0 saturated heterocycles. The number of fused-ring (bicyclic) bond motifs is 2. The summed E-state index contributed by atoms with van der Waals surface area (Å²) < 4.78 is 48.0. The third-order valence-corrected chi connectivity index (χ3v) is 8.18. The van der Waals surface area contributed by atoms with E-state index in [0.717, 1.165) is 25.0 Å². The first-order chi connectivity index (χ1) is 11.5. The highest BCUT2D eigenvalue weighted by Crippen LogP contribution is 2.65.